The van der Waals surface area contributed by atoms with Crippen molar-refractivity contribution in [3.8, 4) is 0 Å². The van der Waals surface area contributed by atoms with Gasteiger partial charge >= 0.3 is 0 Å². The molecule has 0 aromatic rings. The van der Waals surface area contributed by atoms with E-state index in [1.54, 1.807) is 19.9 Å². The Labute approximate surface area is 85.2 Å². The van der Waals surface area contributed by atoms with Crippen LogP contribution < -0.4 is 0 Å². The molecule has 0 saturated carbocycles. The van der Waals surface area contributed by atoms with E-state index in [9.17, 15) is 4.79 Å². The van der Waals surface area contributed by atoms with Crippen LogP contribution in [0.3, 0.4) is 0 Å². The lowest BCUT2D eigenvalue weighted by Crippen LogP contribution is -2.47. The second kappa shape index (κ2) is 5.78. The Bertz CT molecular complexity index is 202. The van der Waals surface area contributed by atoms with E-state index in [1.165, 1.54) is 12.0 Å². The minimum atomic E-state index is -0.849. The van der Waals surface area contributed by atoms with Crippen molar-refractivity contribution in [2.75, 3.05) is 26.8 Å². The molecule has 0 aromatic heterocycles. The standard InChI is InChI=1S/C10H19NO3/c1-5-6-11(7-8-12)9(13)10(2,3)14-4/h5,12H,1,6-8H2,2-4H3. The number of ether oxygens (including phenoxy) is 1. The summed E-state index contributed by atoms with van der Waals surface area (Å²) in [4.78, 5) is 13.3. The summed E-state index contributed by atoms with van der Waals surface area (Å²) in [7, 11) is 1.49. The summed E-state index contributed by atoms with van der Waals surface area (Å²) >= 11 is 0. The van der Waals surface area contributed by atoms with Gasteiger partial charge in [-0.25, -0.2) is 0 Å². The molecule has 0 heterocycles. The molecule has 1 amide bonds. The van der Waals surface area contributed by atoms with Crippen molar-refractivity contribution in [1.82, 2.24) is 4.90 Å². The van der Waals surface area contributed by atoms with Gasteiger partial charge in [-0.05, 0) is 13.8 Å². The summed E-state index contributed by atoms with van der Waals surface area (Å²) in [5.41, 5.74) is -0.849. The van der Waals surface area contributed by atoms with Crippen LogP contribution in [0.5, 0.6) is 0 Å². The minimum Gasteiger partial charge on any atom is -0.395 e. The van der Waals surface area contributed by atoms with E-state index >= 15 is 0 Å². The fourth-order valence-corrected chi connectivity index (χ4v) is 1.02. The first kappa shape index (κ1) is 13.1. The van der Waals surface area contributed by atoms with E-state index < -0.39 is 5.60 Å². The third kappa shape index (κ3) is 3.47. The van der Waals surface area contributed by atoms with Gasteiger partial charge in [0.1, 0.15) is 5.60 Å². The number of aliphatic hydroxyl groups excluding tert-OH is 1. The summed E-state index contributed by atoms with van der Waals surface area (Å²) in [6.45, 7) is 7.62. The quantitative estimate of drug-likeness (QED) is 0.634. The van der Waals surface area contributed by atoms with Crippen LogP contribution in [0.2, 0.25) is 0 Å². The smallest absolute Gasteiger partial charge is 0.254 e. The van der Waals surface area contributed by atoms with E-state index in [0.29, 0.717) is 13.1 Å². The number of hydrogen-bond donors (Lipinski definition) is 1. The molecule has 14 heavy (non-hydrogen) atoms. The average molecular weight is 201 g/mol. The molecule has 0 atom stereocenters. The Hall–Kier alpha value is -0.870. The maximum atomic E-state index is 11.8. The highest BCUT2D eigenvalue weighted by molar-refractivity contribution is 5.84. The molecule has 0 aromatic carbocycles. The molecule has 0 fully saturated rings. The van der Waals surface area contributed by atoms with E-state index in [4.69, 9.17) is 9.84 Å². The van der Waals surface area contributed by atoms with Gasteiger partial charge in [0.05, 0.1) is 6.61 Å². The van der Waals surface area contributed by atoms with E-state index in [1.807, 2.05) is 0 Å². The van der Waals surface area contributed by atoms with Gasteiger partial charge in [0, 0.05) is 20.2 Å². The van der Waals surface area contributed by atoms with Gasteiger partial charge in [-0.15, -0.1) is 6.58 Å². The molecule has 0 rings (SSSR count). The lowest BCUT2D eigenvalue weighted by atomic mass is 10.1. The van der Waals surface area contributed by atoms with Crippen LogP contribution >= 0.6 is 0 Å². The normalized spacial score (nSPS) is 11.1. The Morgan fingerprint density at radius 2 is 2.21 bits per heavy atom. The number of carbonyl (C=O) groups excluding carboxylic acids is 1. The number of aliphatic hydroxyl groups is 1. The zero-order valence-electron chi connectivity index (χ0n) is 9.12. The molecule has 0 aliphatic rings. The Morgan fingerprint density at radius 3 is 2.57 bits per heavy atom. The largest absolute Gasteiger partial charge is 0.395 e. The van der Waals surface area contributed by atoms with Crippen molar-refractivity contribution < 1.29 is 14.6 Å². The number of rotatable bonds is 6. The molecule has 0 unspecified atom stereocenters. The zero-order chi connectivity index (χ0) is 11.2. The highest BCUT2D eigenvalue weighted by atomic mass is 16.5. The Morgan fingerprint density at radius 1 is 1.64 bits per heavy atom. The van der Waals surface area contributed by atoms with E-state index in [0.717, 1.165) is 0 Å². The van der Waals surface area contributed by atoms with Crippen molar-refractivity contribution in [1.29, 1.82) is 0 Å². The van der Waals surface area contributed by atoms with Crippen molar-refractivity contribution in [3.05, 3.63) is 12.7 Å². The number of amides is 1. The van der Waals surface area contributed by atoms with Crippen LogP contribution in [-0.2, 0) is 9.53 Å². The SMILES string of the molecule is C=CCN(CCO)C(=O)C(C)(C)OC. The molecular formula is C10H19NO3. The van der Waals surface area contributed by atoms with Crippen LogP contribution in [0, 0.1) is 0 Å². The van der Waals surface area contributed by atoms with Crippen LogP contribution in [0.15, 0.2) is 12.7 Å². The number of hydrogen-bond acceptors (Lipinski definition) is 3. The van der Waals surface area contributed by atoms with Crippen LogP contribution in [0.25, 0.3) is 0 Å². The fraction of sp³-hybridized carbons (Fsp3) is 0.700. The first-order chi connectivity index (χ1) is 6.49. The molecule has 0 spiro atoms. The lowest BCUT2D eigenvalue weighted by Gasteiger charge is -2.29. The molecule has 0 bridgehead atoms. The van der Waals surface area contributed by atoms with Gasteiger partial charge < -0.3 is 14.7 Å². The number of methoxy groups -OCH3 is 1. The van der Waals surface area contributed by atoms with Crippen molar-refractivity contribution in [2.24, 2.45) is 0 Å². The summed E-state index contributed by atoms with van der Waals surface area (Å²) in [5.74, 6) is -0.144. The van der Waals surface area contributed by atoms with Crippen molar-refractivity contribution in [3.63, 3.8) is 0 Å². The lowest BCUT2D eigenvalue weighted by molar-refractivity contribution is -0.150. The molecule has 0 radical (unpaired) electrons. The molecule has 0 aliphatic heterocycles. The van der Waals surface area contributed by atoms with Crippen molar-refractivity contribution in [2.45, 2.75) is 19.4 Å². The monoisotopic (exact) mass is 201 g/mol. The van der Waals surface area contributed by atoms with Gasteiger partial charge in [0.2, 0.25) is 0 Å². The van der Waals surface area contributed by atoms with Crippen LogP contribution in [0.4, 0.5) is 0 Å². The number of carbonyl (C=O) groups is 1. The maximum Gasteiger partial charge on any atom is 0.254 e. The Balaban J connectivity index is 4.49. The Kier molecular flexibility index (Phi) is 5.42. The second-order valence-corrected chi connectivity index (χ2v) is 3.48. The third-order valence-corrected chi connectivity index (χ3v) is 2.03. The van der Waals surface area contributed by atoms with E-state index in [-0.39, 0.29) is 12.5 Å². The predicted octanol–water partition coefficient (Wildman–Crippen LogP) is 0.418. The topological polar surface area (TPSA) is 49.8 Å². The molecule has 0 aliphatic carbocycles. The average Bonchev–Trinajstić information content (AvgIpc) is 2.16. The minimum absolute atomic E-state index is 0.0562. The molecule has 4 heteroatoms. The molecule has 0 saturated heterocycles. The van der Waals surface area contributed by atoms with Gasteiger partial charge in [-0.3, -0.25) is 4.79 Å². The van der Waals surface area contributed by atoms with Gasteiger partial charge in [0.15, 0.2) is 0 Å². The first-order valence-electron chi connectivity index (χ1n) is 4.56. The third-order valence-electron chi connectivity index (χ3n) is 2.03. The van der Waals surface area contributed by atoms with Crippen LogP contribution in [-0.4, -0.2) is 48.3 Å². The zero-order valence-corrected chi connectivity index (χ0v) is 9.12. The highest BCUT2D eigenvalue weighted by Crippen LogP contribution is 2.11. The molecule has 82 valence electrons. The molecule has 1 N–H and O–H groups in total. The summed E-state index contributed by atoms with van der Waals surface area (Å²) in [5, 5.41) is 8.78. The van der Waals surface area contributed by atoms with Crippen LogP contribution in [0.1, 0.15) is 13.8 Å². The van der Waals surface area contributed by atoms with Gasteiger partial charge in [0.25, 0.3) is 5.91 Å². The molecule has 4 nitrogen and oxygen atoms in total. The van der Waals surface area contributed by atoms with E-state index in [2.05, 4.69) is 6.58 Å². The first-order valence-corrected chi connectivity index (χ1v) is 4.56. The van der Waals surface area contributed by atoms with Crippen molar-refractivity contribution >= 4 is 5.91 Å². The highest BCUT2D eigenvalue weighted by Gasteiger charge is 2.30. The predicted molar refractivity (Wildman–Crippen MR) is 55.0 cm³/mol. The summed E-state index contributed by atoms with van der Waals surface area (Å²) in [6, 6.07) is 0. The second-order valence-electron chi connectivity index (χ2n) is 3.48. The van der Waals surface area contributed by atoms with Gasteiger partial charge in [-0.2, -0.15) is 0 Å². The number of nitrogens with zero attached hydrogens (tertiary/aromatic N) is 1. The maximum absolute atomic E-state index is 11.8. The van der Waals surface area contributed by atoms with Gasteiger partial charge in [-0.1, -0.05) is 6.08 Å². The molecular weight excluding hydrogens is 182 g/mol. The fourth-order valence-electron chi connectivity index (χ4n) is 1.02. The summed E-state index contributed by atoms with van der Waals surface area (Å²) < 4.78 is 5.07. The summed E-state index contributed by atoms with van der Waals surface area (Å²) in [6.07, 6.45) is 1.62.